The van der Waals surface area contributed by atoms with Gasteiger partial charge in [0, 0.05) is 24.4 Å². The molecule has 1 saturated carbocycles. The van der Waals surface area contributed by atoms with Gasteiger partial charge in [-0.25, -0.2) is 0 Å². The molecule has 1 aliphatic heterocycles. The number of aliphatic hydroxyl groups is 2. The Kier molecular flexibility index (Phi) is 7.06. The molecule has 2 aliphatic rings. The van der Waals surface area contributed by atoms with Crippen molar-refractivity contribution in [2.75, 3.05) is 33.4 Å². The summed E-state index contributed by atoms with van der Waals surface area (Å²) in [5, 5.41) is 19.8. The van der Waals surface area contributed by atoms with Crippen molar-refractivity contribution in [2.45, 2.75) is 58.0 Å². The smallest absolute Gasteiger partial charge is 0.248 e. The van der Waals surface area contributed by atoms with Crippen molar-refractivity contribution in [1.82, 2.24) is 4.90 Å². The molecule has 1 amide bonds. The Bertz CT molecular complexity index is 701. The lowest BCUT2D eigenvalue weighted by Crippen LogP contribution is -2.38. The van der Waals surface area contributed by atoms with Gasteiger partial charge in [-0.05, 0) is 37.0 Å². The van der Waals surface area contributed by atoms with E-state index in [0.717, 1.165) is 17.9 Å². The summed E-state index contributed by atoms with van der Waals surface area (Å²) in [6, 6.07) is 5.88. The van der Waals surface area contributed by atoms with Crippen LogP contribution in [0.3, 0.4) is 0 Å². The van der Waals surface area contributed by atoms with Gasteiger partial charge in [0.2, 0.25) is 5.91 Å². The minimum absolute atomic E-state index is 0.0545. The average Bonchev–Trinajstić information content (AvgIpc) is 3.35. The molecule has 29 heavy (non-hydrogen) atoms. The molecule has 0 spiro atoms. The number of carbonyl (C=O) groups excluding carboxylic acids is 1. The highest BCUT2D eigenvalue weighted by molar-refractivity contribution is 5.77. The number of ether oxygens (including phenoxy) is 2. The molecule has 1 heterocycles. The molecule has 3 atom stereocenters. The molecule has 1 aromatic rings. The number of benzene rings is 1. The van der Waals surface area contributed by atoms with E-state index in [1.54, 1.807) is 18.9 Å². The van der Waals surface area contributed by atoms with Crippen LogP contribution < -0.4 is 9.47 Å². The maximum atomic E-state index is 12.1. The highest BCUT2D eigenvalue weighted by Crippen LogP contribution is 2.46. The van der Waals surface area contributed by atoms with Gasteiger partial charge in [0.15, 0.2) is 11.5 Å². The summed E-state index contributed by atoms with van der Waals surface area (Å²) in [5.74, 6) is 1.81. The Morgan fingerprint density at radius 1 is 1.31 bits per heavy atom. The molecular formula is C23H35NO5. The van der Waals surface area contributed by atoms with Gasteiger partial charge in [-0.15, -0.1) is 0 Å². The van der Waals surface area contributed by atoms with Gasteiger partial charge in [0.05, 0.1) is 19.8 Å². The van der Waals surface area contributed by atoms with Crippen molar-refractivity contribution in [3.05, 3.63) is 23.8 Å². The number of hydrogen-bond donors (Lipinski definition) is 2. The van der Waals surface area contributed by atoms with Gasteiger partial charge in [-0.3, -0.25) is 4.79 Å². The first-order chi connectivity index (χ1) is 13.9. The van der Waals surface area contributed by atoms with Crippen LogP contribution >= 0.6 is 0 Å². The lowest BCUT2D eigenvalue weighted by Gasteiger charge is -2.33. The lowest BCUT2D eigenvalue weighted by molar-refractivity contribution is -0.133. The fourth-order valence-corrected chi connectivity index (χ4v) is 4.87. The first kappa shape index (κ1) is 21.9. The van der Waals surface area contributed by atoms with Crippen LogP contribution in [0.2, 0.25) is 0 Å². The van der Waals surface area contributed by atoms with Crippen LogP contribution in [0.1, 0.15) is 57.4 Å². The zero-order chi connectivity index (χ0) is 21.0. The molecule has 6 heteroatoms. The number of nitrogens with zero attached hydrogens (tertiary/aromatic N) is 1. The van der Waals surface area contributed by atoms with E-state index in [0.29, 0.717) is 31.2 Å². The number of methoxy groups -OCH3 is 1. The summed E-state index contributed by atoms with van der Waals surface area (Å²) in [7, 11) is 1.63. The summed E-state index contributed by atoms with van der Waals surface area (Å²) < 4.78 is 11.6. The first-order valence-electron chi connectivity index (χ1n) is 10.8. The third-order valence-corrected chi connectivity index (χ3v) is 7.02. The highest BCUT2D eigenvalue weighted by atomic mass is 16.5. The number of likely N-dealkylation sites (tertiary alicyclic amines) is 1. The molecule has 0 aromatic heterocycles. The summed E-state index contributed by atoms with van der Waals surface area (Å²) in [4.78, 5) is 13.7. The van der Waals surface area contributed by atoms with E-state index in [2.05, 4.69) is 0 Å². The standard InChI is InChI=1S/C23H35NO5/c1-16(26)23(2)15-24(22(27)14-25)13-19(23)18-8-9-20(28-3)21(12-18)29-11-10-17-6-4-5-7-17/h8-9,12,16-17,19,25-26H,4-7,10-11,13-15H2,1-3H3/t16-,19?,23-/m1/s1. The Morgan fingerprint density at radius 3 is 2.66 bits per heavy atom. The van der Waals surface area contributed by atoms with Crippen LogP contribution in [0.4, 0.5) is 0 Å². The van der Waals surface area contributed by atoms with Gasteiger partial charge in [-0.2, -0.15) is 0 Å². The number of amides is 1. The zero-order valence-electron chi connectivity index (χ0n) is 17.9. The number of rotatable bonds is 8. The van der Waals surface area contributed by atoms with E-state index in [-0.39, 0.29) is 11.8 Å². The minimum atomic E-state index is -0.599. The predicted octanol–water partition coefficient (Wildman–Crippen LogP) is 2.96. The molecule has 0 bridgehead atoms. The van der Waals surface area contributed by atoms with Crippen molar-refractivity contribution in [3.63, 3.8) is 0 Å². The van der Waals surface area contributed by atoms with Crippen LogP contribution in [0.5, 0.6) is 11.5 Å². The summed E-state index contributed by atoms with van der Waals surface area (Å²) in [6.07, 6.45) is 5.70. The van der Waals surface area contributed by atoms with Gasteiger partial charge in [0.25, 0.3) is 0 Å². The molecule has 1 aliphatic carbocycles. The van der Waals surface area contributed by atoms with Crippen molar-refractivity contribution in [2.24, 2.45) is 11.3 Å². The quantitative estimate of drug-likeness (QED) is 0.695. The van der Waals surface area contributed by atoms with Gasteiger partial charge < -0.3 is 24.6 Å². The van der Waals surface area contributed by atoms with Crippen LogP contribution in [0, 0.1) is 11.3 Å². The Balaban J connectivity index is 1.79. The van der Waals surface area contributed by atoms with Crippen LogP contribution in [0.15, 0.2) is 18.2 Å². The van der Waals surface area contributed by atoms with Crippen LogP contribution in [-0.4, -0.2) is 60.5 Å². The number of hydrogen-bond acceptors (Lipinski definition) is 5. The molecule has 6 nitrogen and oxygen atoms in total. The second kappa shape index (κ2) is 9.35. The molecule has 1 saturated heterocycles. The fourth-order valence-electron chi connectivity index (χ4n) is 4.87. The van der Waals surface area contributed by atoms with E-state index >= 15 is 0 Å². The molecule has 2 fully saturated rings. The van der Waals surface area contributed by atoms with Crippen molar-refractivity contribution in [3.8, 4) is 11.5 Å². The molecule has 3 rings (SSSR count). The van der Waals surface area contributed by atoms with Gasteiger partial charge in [-0.1, -0.05) is 38.7 Å². The van der Waals surface area contributed by atoms with Crippen LogP contribution in [0.25, 0.3) is 0 Å². The van der Waals surface area contributed by atoms with Crippen LogP contribution in [-0.2, 0) is 4.79 Å². The molecule has 162 valence electrons. The van der Waals surface area contributed by atoms with Crippen molar-refractivity contribution in [1.29, 1.82) is 0 Å². The lowest BCUT2D eigenvalue weighted by atomic mass is 9.72. The average molecular weight is 406 g/mol. The molecule has 0 radical (unpaired) electrons. The summed E-state index contributed by atoms with van der Waals surface area (Å²) >= 11 is 0. The van der Waals surface area contributed by atoms with Crippen molar-refractivity contribution < 1.29 is 24.5 Å². The summed E-state index contributed by atoms with van der Waals surface area (Å²) in [6.45, 7) is 4.80. The molecule has 1 aromatic carbocycles. The van der Waals surface area contributed by atoms with E-state index < -0.39 is 18.1 Å². The predicted molar refractivity (Wildman–Crippen MR) is 111 cm³/mol. The monoisotopic (exact) mass is 405 g/mol. The van der Waals surface area contributed by atoms with E-state index in [9.17, 15) is 15.0 Å². The van der Waals surface area contributed by atoms with E-state index in [1.807, 2.05) is 25.1 Å². The zero-order valence-corrected chi connectivity index (χ0v) is 17.9. The Morgan fingerprint density at radius 2 is 2.03 bits per heavy atom. The topological polar surface area (TPSA) is 79.2 Å². The minimum Gasteiger partial charge on any atom is -0.493 e. The Labute approximate surface area is 173 Å². The number of aliphatic hydroxyl groups excluding tert-OH is 2. The molecule has 1 unspecified atom stereocenters. The second-order valence-corrected chi connectivity index (χ2v) is 8.86. The Hall–Kier alpha value is -1.79. The van der Waals surface area contributed by atoms with Crippen molar-refractivity contribution >= 4 is 5.91 Å². The molecular weight excluding hydrogens is 370 g/mol. The number of carbonyl (C=O) groups is 1. The normalized spacial score (nSPS) is 26.0. The maximum absolute atomic E-state index is 12.1. The molecule has 2 N–H and O–H groups in total. The second-order valence-electron chi connectivity index (χ2n) is 8.86. The third-order valence-electron chi connectivity index (χ3n) is 7.02. The fraction of sp³-hybridized carbons (Fsp3) is 0.696. The highest BCUT2D eigenvalue weighted by Gasteiger charge is 2.48. The van der Waals surface area contributed by atoms with E-state index in [1.165, 1.54) is 25.7 Å². The first-order valence-corrected chi connectivity index (χ1v) is 10.8. The van der Waals surface area contributed by atoms with Gasteiger partial charge in [0.1, 0.15) is 6.61 Å². The SMILES string of the molecule is COc1ccc(C2CN(C(=O)CO)C[C@]2(C)[C@@H](C)O)cc1OCCC1CCCC1. The van der Waals surface area contributed by atoms with Gasteiger partial charge >= 0.3 is 0 Å². The summed E-state index contributed by atoms with van der Waals surface area (Å²) in [5.41, 5.74) is 0.513. The third kappa shape index (κ3) is 4.69. The van der Waals surface area contributed by atoms with E-state index in [4.69, 9.17) is 9.47 Å². The largest absolute Gasteiger partial charge is 0.493 e. The maximum Gasteiger partial charge on any atom is 0.248 e.